The number of nitrogens with zero attached hydrogens (tertiary/aromatic N) is 3. The quantitative estimate of drug-likeness (QED) is 0.630. The van der Waals surface area contributed by atoms with E-state index < -0.39 is 0 Å². The van der Waals surface area contributed by atoms with Crippen LogP contribution in [0.15, 0.2) is 36.5 Å². The van der Waals surface area contributed by atoms with Crippen molar-refractivity contribution >= 4 is 11.7 Å². The lowest BCUT2D eigenvalue weighted by Gasteiger charge is -2.37. The fraction of sp³-hybridized carbons (Fsp3) is 0.600. The van der Waals surface area contributed by atoms with Crippen LogP contribution < -0.4 is 15.0 Å². The van der Waals surface area contributed by atoms with Crippen molar-refractivity contribution in [2.24, 2.45) is 5.92 Å². The van der Waals surface area contributed by atoms with Crippen molar-refractivity contribution in [2.45, 2.75) is 70.8 Å². The van der Waals surface area contributed by atoms with Gasteiger partial charge in [-0.05, 0) is 73.7 Å². The van der Waals surface area contributed by atoms with Gasteiger partial charge in [-0.25, -0.2) is 4.98 Å². The van der Waals surface area contributed by atoms with Gasteiger partial charge in [-0.2, -0.15) is 0 Å². The SMILES string of the molecule is CC(C)(C)c1ccc(C(=O)N[C@H]2CC[C@H](CCN3CCN(c4nccc5c4OCC5)CC3)CC2)cc1. The van der Waals surface area contributed by atoms with Crippen LogP contribution in [0, 0.1) is 5.92 Å². The van der Waals surface area contributed by atoms with Crippen molar-refractivity contribution in [2.75, 3.05) is 44.2 Å². The molecule has 3 aliphatic rings. The van der Waals surface area contributed by atoms with Gasteiger partial charge in [-0.1, -0.05) is 32.9 Å². The Balaban J connectivity index is 1.01. The third kappa shape index (κ3) is 5.86. The maximum Gasteiger partial charge on any atom is 0.251 e. The molecule has 3 heterocycles. The highest BCUT2D eigenvalue weighted by molar-refractivity contribution is 5.94. The molecule has 5 rings (SSSR count). The smallest absolute Gasteiger partial charge is 0.251 e. The van der Waals surface area contributed by atoms with E-state index in [2.05, 4.69) is 59.1 Å². The predicted octanol–water partition coefficient (Wildman–Crippen LogP) is 4.81. The number of anilines is 1. The number of carbonyl (C=O) groups excluding carboxylic acids is 1. The third-order valence-electron chi connectivity index (χ3n) is 8.31. The zero-order chi connectivity index (χ0) is 25.1. The molecular weight excluding hydrogens is 448 g/mol. The molecule has 36 heavy (non-hydrogen) atoms. The summed E-state index contributed by atoms with van der Waals surface area (Å²) < 4.78 is 5.87. The van der Waals surface area contributed by atoms with E-state index >= 15 is 0 Å². The second kappa shape index (κ2) is 10.8. The highest BCUT2D eigenvalue weighted by Gasteiger charge is 2.27. The van der Waals surface area contributed by atoms with Gasteiger partial charge in [-0.15, -0.1) is 0 Å². The van der Waals surface area contributed by atoms with E-state index in [4.69, 9.17) is 4.74 Å². The molecule has 1 amide bonds. The Bertz CT molecular complexity index is 1030. The molecule has 2 aromatic rings. The number of ether oxygens (including phenoxy) is 1. The van der Waals surface area contributed by atoms with E-state index in [9.17, 15) is 4.79 Å². The van der Waals surface area contributed by atoms with Crippen molar-refractivity contribution < 1.29 is 9.53 Å². The molecule has 0 bridgehead atoms. The average Bonchev–Trinajstić information content (AvgIpc) is 3.37. The van der Waals surface area contributed by atoms with Gasteiger partial charge >= 0.3 is 0 Å². The first-order valence-electron chi connectivity index (χ1n) is 13.9. The summed E-state index contributed by atoms with van der Waals surface area (Å²) in [5.74, 6) is 2.89. The Morgan fingerprint density at radius 3 is 2.44 bits per heavy atom. The largest absolute Gasteiger partial charge is 0.489 e. The van der Waals surface area contributed by atoms with E-state index in [-0.39, 0.29) is 11.3 Å². The molecule has 1 aliphatic carbocycles. The van der Waals surface area contributed by atoms with Crippen LogP contribution in [-0.2, 0) is 11.8 Å². The Kier molecular flexibility index (Phi) is 7.52. The summed E-state index contributed by atoms with van der Waals surface area (Å²) in [6.45, 7) is 12.8. The molecule has 0 atom stereocenters. The Morgan fingerprint density at radius 1 is 1.03 bits per heavy atom. The number of benzene rings is 1. The molecule has 1 saturated carbocycles. The van der Waals surface area contributed by atoms with Crippen LogP contribution >= 0.6 is 0 Å². The Hall–Kier alpha value is -2.60. The molecule has 1 aromatic carbocycles. The molecule has 0 unspecified atom stereocenters. The van der Waals surface area contributed by atoms with Crippen molar-refractivity contribution in [3.05, 3.63) is 53.2 Å². The molecule has 1 aromatic heterocycles. The second-order valence-electron chi connectivity index (χ2n) is 11.9. The van der Waals surface area contributed by atoms with Gasteiger partial charge in [0.15, 0.2) is 11.6 Å². The summed E-state index contributed by atoms with van der Waals surface area (Å²) in [4.78, 5) is 22.4. The molecule has 2 fully saturated rings. The maximum absolute atomic E-state index is 12.7. The van der Waals surface area contributed by atoms with E-state index in [1.807, 2.05) is 18.3 Å². The van der Waals surface area contributed by atoms with Gasteiger partial charge < -0.3 is 15.0 Å². The molecule has 0 radical (unpaired) electrons. The first-order valence-corrected chi connectivity index (χ1v) is 13.9. The monoisotopic (exact) mass is 490 g/mol. The van der Waals surface area contributed by atoms with E-state index in [1.165, 1.54) is 36.9 Å². The van der Waals surface area contributed by atoms with Crippen LogP contribution in [0.4, 0.5) is 5.82 Å². The Labute approximate surface area is 216 Å². The first-order chi connectivity index (χ1) is 17.4. The number of pyridine rings is 1. The number of fused-ring (bicyclic) bond motifs is 1. The summed E-state index contributed by atoms with van der Waals surface area (Å²) in [6, 6.07) is 10.5. The molecule has 0 spiro atoms. The van der Waals surface area contributed by atoms with E-state index in [0.29, 0.717) is 6.04 Å². The summed E-state index contributed by atoms with van der Waals surface area (Å²) in [5.41, 5.74) is 3.43. The van der Waals surface area contributed by atoms with Crippen LogP contribution in [-0.4, -0.2) is 61.2 Å². The zero-order valence-electron chi connectivity index (χ0n) is 22.3. The fourth-order valence-electron chi connectivity index (χ4n) is 5.85. The summed E-state index contributed by atoms with van der Waals surface area (Å²) in [5, 5.41) is 3.29. The van der Waals surface area contributed by atoms with Crippen LogP contribution in [0.25, 0.3) is 0 Å². The minimum absolute atomic E-state index is 0.0701. The van der Waals surface area contributed by atoms with E-state index in [0.717, 1.165) is 75.1 Å². The van der Waals surface area contributed by atoms with E-state index in [1.54, 1.807) is 0 Å². The number of carbonyl (C=O) groups is 1. The molecule has 6 nitrogen and oxygen atoms in total. The van der Waals surface area contributed by atoms with Gasteiger partial charge in [0, 0.05) is 56.0 Å². The summed E-state index contributed by atoms with van der Waals surface area (Å²) in [6.07, 6.45) is 8.80. The van der Waals surface area contributed by atoms with Crippen molar-refractivity contribution in [1.82, 2.24) is 15.2 Å². The predicted molar refractivity (Wildman–Crippen MR) is 145 cm³/mol. The molecule has 6 heteroatoms. The lowest BCUT2D eigenvalue weighted by Crippen LogP contribution is -2.47. The molecule has 1 saturated heterocycles. The van der Waals surface area contributed by atoms with Crippen LogP contribution in [0.3, 0.4) is 0 Å². The molecule has 194 valence electrons. The lowest BCUT2D eigenvalue weighted by molar-refractivity contribution is 0.0919. The number of nitrogens with one attached hydrogen (secondary N) is 1. The highest BCUT2D eigenvalue weighted by Crippen LogP contribution is 2.34. The summed E-state index contributed by atoms with van der Waals surface area (Å²) >= 11 is 0. The summed E-state index contributed by atoms with van der Waals surface area (Å²) in [7, 11) is 0. The minimum atomic E-state index is 0.0701. The number of hydrogen-bond donors (Lipinski definition) is 1. The highest BCUT2D eigenvalue weighted by atomic mass is 16.5. The Morgan fingerprint density at radius 2 is 1.75 bits per heavy atom. The zero-order valence-corrected chi connectivity index (χ0v) is 22.3. The third-order valence-corrected chi connectivity index (χ3v) is 8.31. The van der Waals surface area contributed by atoms with Gasteiger partial charge in [0.2, 0.25) is 0 Å². The number of rotatable bonds is 6. The van der Waals surface area contributed by atoms with Crippen molar-refractivity contribution in [3.63, 3.8) is 0 Å². The number of aromatic nitrogens is 1. The van der Waals surface area contributed by atoms with Gasteiger partial charge in [-0.3, -0.25) is 9.69 Å². The van der Waals surface area contributed by atoms with Gasteiger partial charge in [0.05, 0.1) is 6.61 Å². The molecular formula is C30H42N4O2. The minimum Gasteiger partial charge on any atom is -0.489 e. The lowest BCUT2D eigenvalue weighted by atomic mass is 9.83. The van der Waals surface area contributed by atoms with Crippen molar-refractivity contribution in [1.29, 1.82) is 0 Å². The van der Waals surface area contributed by atoms with Crippen molar-refractivity contribution in [3.8, 4) is 5.75 Å². The van der Waals surface area contributed by atoms with Gasteiger partial charge in [0.1, 0.15) is 0 Å². The van der Waals surface area contributed by atoms with Crippen LogP contribution in [0.2, 0.25) is 0 Å². The molecule has 2 aliphatic heterocycles. The first kappa shape index (κ1) is 25.1. The number of hydrogen-bond acceptors (Lipinski definition) is 5. The number of piperazine rings is 1. The van der Waals surface area contributed by atoms with Crippen LogP contribution in [0.5, 0.6) is 5.75 Å². The maximum atomic E-state index is 12.7. The second-order valence-corrected chi connectivity index (χ2v) is 11.9. The normalized spacial score (nSPS) is 22.7. The molecule has 1 N–H and O–H groups in total. The number of amides is 1. The standard InChI is InChI=1S/C30H42N4O2/c1-30(2,3)25-8-6-24(7-9-25)29(35)32-26-10-4-22(5-11-26)13-16-33-17-19-34(20-18-33)28-27-23(12-15-31-28)14-21-36-27/h6-9,12,15,22,26H,4-5,10-11,13-14,16-21H2,1-3H3,(H,32,35)/t22-,26-. The average molecular weight is 491 g/mol. The van der Waals surface area contributed by atoms with Crippen LogP contribution in [0.1, 0.15) is 74.4 Å². The fourth-order valence-corrected chi connectivity index (χ4v) is 5.85. The topological polar surface area (TPSA) is 57.7 Å². The van der Waals surface area contributed by atoms with Gasteiger partial charge in [0.25, 0.3) is 5.91 Å².